The molecule has 1 heterocycles. The van der Waals surface area contributed by atoms with Crippen molar-refractivity contribution in [3.8, 4) is 0 Å². The number of aryl methyl sites for hydroxylation is 1. The zero-order valence-electron chi connectivity index (χ0n) is 17.4. The number of carbonyl (C=O) groups is 2. The molecule has 0 aliphatic heterocycles. The number of hydrogen-bond acceptors (Lipinski definition) is 2. The van der Waals surface area contributed by atoms with Crippen LogP contribution >= 0.6 is 0 Å². The van der Waals surface area contributed by atoms with Crippen LogP contribution in [0.25, 0.3) is 10.9 Å². The molecule has 1 atom stereocenters. The molecule has 0 spiro atoms. The Kier molecular flexibility index (Phi) is 6.17. The Labute approximate surface area is 177 Å². The second-order valence-electron chi connectivity index (χ2n) is 8.33. The quantitative estimate of drug-likeness (QED) is 0.575. The lowest BCUT2D eigenvalue weighted by Gasteiger charge is -2.26. The highest BCUT2D eigenvalue weighted by Gasteiger charge is 2.25. The summed E-state index contributed by atoms with van der Waals surface area (Å²) in [6, 6.07) is 17.3. The van der Waals surface area contributed by atoms with E-state index >= 15 is 0 Å². The van der Waals surface area contributed by atoms with Gasteiger partial charge in [0.25, 0.3) is 5.91 Å². The van der Waals surface area contributed by atoms with Crippen LogP contribution in [-0.4, -0.2) is 28.9 Å². The van der Waals surface area contributed by atoms with Gasteiger partial charge in [-0.2, -0.15) is 0 Å². The summed E-state index contributed by atoms with van der Waals surface area (Å²) < 4.78 is 0. The number of benzene rings is 2. The molecule has 0 saturated heterocycles. The van der Waals surface area contributed by atoms with Crippen LogP contribution in [0.4, 0.5) is 0 Å². The van der Waals surface area contributed by atoms with Crippen LogP contribution in [0.2, 0.25) is 0 Å². The second-order valence-corrected chi connectivity index (χ2v) is 8.33. The molecule has 156 valence electrons. The molecule has 1 aliphatic rings. The molecule has 5 heteroatoms. The van der Waals surface area contributed by atoms with Crippen molar-refractivity contribution >= 4 is 22.7 Å². The lowest BCUT2D eigenvalue weighted by atomic mass is 9.95. The average Bonchev–Trinajstić information content (AvgIpc) is 3.18. The van der Waals surface area contributed by atoms with E-state index in [4.69, 9.17) is 0 Å². The molecule has 3 aromatic rings. The highest BCUT2D eigenvalue weighted by atomic mass is 16.2. The van der Waals surface area contributed by atoms with Gasteiger partial charge in [-0.25, -0.2) is 0 Å². The summed E-state index contributed by atoms with van der Waals surface area (Å²) in [4.78, 5) is 29.2. The summed E-state index contributed by atoms with van der Waals surface area (Å²) >= 11 is 0. The maximum absolute atomic E-state index is 13.1. The Bertz CT molecular complexity index is 1020. The molecule has 1 unspecified atom stereocenters. The number of hydrogen-bond donors (Lipinski definition) is 3. The Morgan fingerprint density at radius 2 is 1.80 bits per heavy atom. The number of nitrogens with one attached hydrogen (secondary N) is 3. The fourth-order valence-corrected chi connectivity index (χ4v) is 4.22. The van der Waals surface area contributed by atoms with Crippen molar-refractivity contribution in [3.63, 3.8) is 0 Å². The van der Waals surface area contributed by atoms with Gasteiger partial charge >= 0.3 is 0 Å². The molecule has 4 rings (SSSR count). The minimum atomic E-state index is -0.616. The maximum atomic E-state index is 13.1. The molecular formula is C25H29N3O2. The molecule has 1 fully saturated rings. The molecule has 0 radical (unpaired) electrons. The SMILES string of the molecule is Cc1ccc2[nH]c(C(=O)NC(Cc3ccccc3)C(=O)NC3CCCCC3)cc2c1. The van der Waals surface area contributed by atoms with Crippen molar-refractivity contribution in [1.29, 1.82) is 0 Å². The molecule has 30 heavy (non-hydrogen) atoms. The Morgan fingerprint density at radius 1 is 1.03 bits per heavy atom. The Morgan fingerprint density at radius 3 is 2.57 bits per heavy atom. The summed E-state index contributed by atoms with van der Waals surface area (Å²) in [7, 11) is 0. The van der Waals surface area contributed by atoms with Gasteiger partial charge in [-0.3, -0.25) is 9.59 Å². The molecule has 0 bridgehead atoms. The van der Waals surface area contributed by atoms with E-state index in [0.717, 1.165) is 47.7 Å². The van der Waals surface area contributed by atoms with Crippen LogP contribution in [0.1, 0.15) is 53.7 Å². The molecule has 2 amide bonds. The van der Waals surface area contributed by atoms with E-state index < -0.39 is 6.04 Å². The zero-order chi connectivity index (χ0) is 20.9. The minimum absolute atomic E-state index is 0.106. The van der Waals surface area contributed by atoms with Crippen LogP contribution in [-0.2, 0) is 11.2 Å². The minimum Gasteiger partial charge on any atom is -0.352 e. The number of amides is 2. The molecule has 1 aromatic heterocycles. The van der Waals surface area contributed by atoms with Gasteiger partial charge in [0.15, 0.2) is 0 Å². The van der Waals surface area contributed by atoms with Gasteiger partial charge in [0, 0.05) is 23.4 Å². The summed E-state index contributed by atoms with van der Waals surface area (Å²) in [5.41, 5.74) is 3.55. The normalized spacial score (nSPS) is 15.6. The van der Waals surface area contributed by atoms with Crippen molar-refractivity contribution in [1.82, 2.24) is 15.6 Å². The van der Waals surface area contributed by atoms with Crippen molar-refractivity contribution < 1.29 is 9.59 Å². The van der Waals surface area contributed by atoms with Crippen LogP contribution in [0.5, 0.6) is 0 Å². The van der Waals surface area contributed by atoms with Crippen LogP contribution in [0.15, 0.2) is 54.6 Å². The van der Waals surface area contributed by atoms with Crippen LogP contribution < -0.4 is 10.6 Å². The first-order valence-electron chi connectivity index (χ1n) is 10.8. The van der Waals surface area contributed by atoms with E-state index in [-0.39, 0.29) is 17.9 Å². The zero-order valence-corrected chi connectivity index (χ0v) is 17.4. The van der Waals surface area contributed by atoms with E-state index in [0.29, 0.717) is 12.1 Å². The number of H-pyrrole nitrogens is 1. The highest BCUT2D eigenvalue weighted by Crippen LogP contribution is 2.19. The fourth-order valence-electron chi connectivity index (χ4n) is 4.22. The van der Waals surface area contributed by atoms with Gasteiger partial charge in [0.1, 0.15) is 11.7 Å². The topological polar surface area (TPSA) is 74.0 Å². The molecule has 2 aromatic carbocycles. The lowest BCUT2D eigenvalue weighted by molar-refractivity contribution is -0.123. The Hall–Kier alpha value is -3.08. The number of fused-ring (bicyclic) bond motifs is 1. The molecule has 1 saturated carbocycles. The standard InChI is InChI=1S/C25H29N3O2/c1-17-12-13-21-19(14-17)16-23(27-21)25(30)28-22(15-18-8-4-2-5-9-18)24(29)26-20-10-6-3-7-11-20/h2,4-5,8-9,12-14,16,20,22,27H,3,6-7,10-11,15H2,1H3,(H,26,29)(H,28,30). The van der Waals surface area contributed by atoms with Gasteiger partial charge < -0.3 is 15.6 Å². The van der Waals surface area contributed by atoms with Crippen molar-refractivity contribution in [2.75, 3.05) is 0 Å². The first kappa shape index (κ1) is 20.2. The third kappa shape index (κ3) is 4.90. The first-order chi connectivity index (χ1) is 14.6. The van der Waals surface area contributed by atoms with E-state index in [1.165, 1.54) is 6.42 Å². The number of aromatic nitrogens is 1. The van der Waals surface area contributed by atoms with Crippen LogP contribution in [0, 0.1) is 6.92 Å². The summed E-state index contributed by atoms with van der Waals surface area (Å²) in [6.45, 7) is 2.03. The average molecular weight is 404 g/mol. The summed E-state index contributed by atoms with van der Waals surface area (Å²) in [5.74, 6) is -0.366. The third-order valence-corrected chi connectivity index (χ3v) is 5.88. The molecule has 5 nitrogen and oxygen atoms in total. The predicted molar refractivity (Wildman–Crippen MR) is 119 cm³/mol. The predicted octanol–water partition coefficient (Wildman–Crippen LogP) is 4.27. The van der Waals surface area contributed by atoms with Gasteiger partial charge in [0.05, 0.1) is 0 Å². The number of carbonyl (C=O) groups excluding carboxylic acids is 2. The molecular weight excluding hydrogens is 374 g/mol. The van der Waals surface area contributed by atoms with Crippen LogP contribution in [0.3, 0.4) is 0 Å². The smallest absolute Gasteiger partial charge is 0.268 e. The van der Waals surface area contributed by atoms with E-state index in [1.807, 2.05) is 61.5 Å². The first-order valence-corrected chi connectivity index (χ1v) is 10.8. The van der Waals surface area contributed by atoms with Gasteiger partial charge in [-0.1, -0.05) is 61.2 Å². The third-order valence-electron chi connectivity index (χ3n) is 5.88. The van der Waals surface area contributed by atoms with Gasteiger partial charge in [-0.05, 0) is 43.5 Å². The summed E-state index contributed by atoms with van der Waals surface area (Å²) in [6.07, 6.45) is 6.02. The van der Waals surface area contributed by atoms with Gasteiger partial charge in [0.2, 0.25) is 5.91 Å². The maximum Gasteiger partial charge on any atom is 0.268 e. The molecule has 3 N–H and O–H groups in total. The van der Waals surface area contributed by atoms with E-state index in [1.54, 1.807) is 0 Å². The van der Waals surface area contributed by atoms with E-state index in [9.17, 15) is 9.59 Å². The number of rotatable bonds is 6. The monoisotopic (exact) mass is 403 g/mol. The second kappa shape index (κ2) is 9.16. The largest absolute Gasteiger partial charge is 0.352 e. The highest BCUT2D eigenvalue weighted by molar-refractivity contribution is 6.00. The van der Waals surface area contributed by atoms with Crippen molar-refractivity contribution in [3.05, 3.63) is 71.4 Å². The Balaban J connectivity index is 1.51. The van der Waals surface area contributed by atoms with Gasteiger partial charge in [-0.15, -0.1) is 0 Å². The summed E-state index contributed by atoms with van der Waals surface area (Å²) in [5, 5.41) is 7.12. The number of aromatic amines is 1. The lowest BCUT2D eigenvalue weighted by Crippen LogP contribution is -2.51. The van der Waals surface area contributed by atoms with E-state index in [2.05, 4.69) is 15.6 Å². The van der Waals surface area contributed by atoms with Crippen molar-refractivity contribution in [2.45, 2.75) is 57.5 Å². The van der Waals surface area contributed by atoms with Crippen molar-refractivity contribution in [2.24, 2.45) is 0 Å². The fraction of sp³-hybridized carbons (Fsp3) is 0.360. The molecule has 1 aliphatic carbocycles.